The van der Waals surface area contributed by atoms with E-state index in [1.807, 2.05) is 13.8 Å². The predicted molar refractivity (Wildman–Crippen MR) is 141 cm³/mol. The van der Waals surface area contributed by atoms with Gasteiger partial charge in [-0.1, -0.05) is 60.1 Å². The van der Waals surface area contributed by atoms with E-state index in [0.29, 0.717) is 22.3 Å². The highest BCUT2D eigenvalue weighted by Gasteiger charge is 2.38. The van der Waals surface area contributed by atoms with Crippen LogP contribution < -0.4 is 10.5 Å². The number of fused-ring (bicyclic) bond motifs is 1. The van der Waals surface area contributed by atoms with Crippen LogP contribution in [0.2, 0.25) is 0 Å². The van der Waals surface area contributed by atoms with E-state index >= 15 is 0 Å². The standard InChI is InChI=1S/C20H21N3O5.C6H14.C2H6/c1-12(25)4-7-16(19(21)26)23-10-13-5-6-14(11-24)18(17(13)20(23)27)28-15-3-2-8-22-9-15;1-5-6(2,3)4;1-2/h2-3,5-6,8-9,16,24H,4,7,10-11H2,1H3,(H2,21,26);5H2,1-4H3;1-2H3. The smallest absolute Gasteiger partial charge is 0.258 e. The number of rotatable bonds is 8. The first-order valence-electron chi connectivity index (χ1n) is 12.4. The molecule has 1 aromatic carbocycles. The zero-order chi connectivity index (χ0) is 27.5. The lowest BCUT2D eigenvalue weighted by atomic mass is 9.94. The van der Waals surface area contributed by atoms with E-state index in [4.69, 9.17) is 10.5 Å². The Labute approximate surface area is 214 Å². The van der Waals surface area contributed by atoms with Crippen molar-refractivity contribution < 1.29 is 24.2 Å². The molecule has 198 valence electrons. The van der Waals surface area contributed by atoms with Crippen molar-refractivity contribution in [1.82, 2.24) is 9.88 Å². The highest BCUT2D eigenvalue weighted by atomic mass is 16.5. The van der Waals surface area contributed by atoms with Crippen LogP contribution in [0.4, 0.5) is 0 Å². The minimum Gasteiger partial charge on any atom is -0.455 e. The molecule has 0 saturated heterocycles. The molecule has 0 bridgehead atoms. The van der Waals surface area contributed by atoms with Crippen LogP contribution in [0.25, 0.3) is 0 Å². The molecule has 1 aliphatic heterocycles. The fourth-order valence-corrected chi connectivity index (χ4v) is 3.24. The number of ether oxygens (including phenoxy) is 1. The van der Waals surface area contributed by atoms with Crippen LogP contribution in [0.1, 0.15) is 89.2 Å². The number of carbonyl (C=O) groups is 3. The van der Waals surface area contributed by atoms with E-state index in [-0.39, 0.29) is 43.1 Å². The monoisotopic (exact) mass is 499 g/mol. The topological polar surface area (TPSA) is 123 Å². The molecule has 8 nitrogen and oxygen atoms in total. The number of pyridine rings is 1. The summed E-state index contributed by atoms with van der Waals surface area (Å²) in [4.78, 5) is 41.7. The fourth-order valence-electron chi connectivity index (χ4n) is 3.24. The van der Waals surface area contributed by atoms with Crippen molar-refractivity contribution in [3.63, 3.8) is 0 Å². The van der Waals surface area contributed by atoms with Gasteiger partial charge in [0.05, 0.1) is 18.4 Å². The summed E-state index contributed by atoms with van der Waals surface area (Å²) in [6.45, 7) is 14.2. The van der Waals surface area contributed by atoms with Crippen molar-refractivity contribution in [2.24, 2.45) is 11.1 Å². The Bertz CT molecular complexity index is 1020. The number of aliphatic hydroxyl groups is 1. The van der Waals surface area contributed by atoms with E-state index in [0.717, 1.165) is 0 Å². The Morgan fingerprint density at radius 1 is 1.22 bits per heavy atom. The molecule has 8 heteroatoms. The van der Waals surface area contributed by atoms with Crippen LogP contribution in [0.3, 0.4) is 0 Å². The largest absolute Gasteiger partial charge is 0.455 e. The lowest BCUT2D eigenvalue weighted by Crippen LogP contribution is -2.45. The van der Waals surface area contributed by atoms with Crippen molar-refractivity contribution in [2.75, 3.05) is 0 Å². The van der Waals surface area contributed by atoms with Gasteiger partial charge in [0.15, 0.2) is 0 Å². The second kappa shape index (κ2) is 14.3. The molecule has 0 aliphatic carbocycles. The number of carbonyl (C=O) groups excluding carboxylic acids is 3. The van der Waals surface area contributed by atoms with Crippen molar-refractivity contribution >= 4 is 17.6 Å². The maximum absolute atomic E-state index is 13.1. The summed E-state index contributed by atoms with van der Waals surface area (Å²) in [5.74, 6) is -0.523. The molecule has 36 heavy (non-hydrogen) atoms. The number of aromatic nitrogens is 1. The number of amides is 2. The molecule has 3 N–H and O–H groups in total. The van der Waals surface area contributed by atoms with Gasteiger partial charge in [-0.25, -0.2) is 0 Å². The maximum atomic E-state index is 13.1. The summed E-state index contributed by atoms with van der Waals surface area (Å²) < 4.78 is 5.86. The molecule has 2 heterocycles. The van der Waals surface area contributed by atoms with Crippen LogP contribution in [0, 0.1) is 5.41 Å². The summed E-state index contributed by atoms with van der Waals surface area (Å²) >= 11 is 0. The highest BCUT2D eigenvalue weighted by molar-refractivity contribution is 6.03. The van der Waals surface area contributed by atoms with Crippen molar-refractivity contribution in [3.05, 3.63) is 53.3 Å². The Morgan fingerprint density at radius 2 is 1.86 bits per heavy atom. The SMILES string of the molecule is CC.CC(=O)CCC(C(N)=O)N1Cc2ccc(CO)c(Oc3cccnc3)c2C1=O.CCC(C)(C)C. The lowest BCUT2D eigenvalue weighted by molar-refractivity contribution is -0.123. The Kier molecular flexibility index (Phi) is 12.3. The van der Waals surface area contributed by atoms with E-state index in [1.54, 1.807) is 30.5 Å². The lowest BCUT2D eigenvalue weighted by Gasteiger charge is -2.24. The highest BCUT2D eigenvalue weighted by Crippen LogP contribution is 2.38. The first-order chi connectivity index (χ1) is 17.0. The quantitative estimate of drug-likeness (QED) is 0.526. The van der Waals surface area contributed by atoms with Gasteiger partial charge in [-0.15, -0.1) is 0 Å². The molecule has 0 spiro atoms. The number of nitrogens with two attached hydrogens (primary N) is 1. The van der Waals surface area contributed by atoms with Crippen LogP contribution in [0.15, 0.2) is 36.7 Å². The molecule has 1 unspecified atom stereocenters. The van der Waals surface area contributed by atoms with Gasteiger partial charge >= 0.3 is 0 Å². The third kappa shape index (κ3) is 8.75. The van der Waals surface area contributed by atoms with Crippen LogP contribution >= 0.6 is 0 Å². The van der Waals surface area contributed by atoms with Gasteiger partial charge in [0.2, 0.25) is 5.91 Å². The number of hydrogen-bond donors (Lipinski definition) is 2. The number of nitrogens with zero attached hydrogens (tertiary/aromatic N) is 2. The summed E-state index contributed by atoms with van der Waals surface area (Å²) in [5.41, 5.74) is 7.42. The minimum absolute atomic E-state index is 0.0847. The molecule has 0 fully saturated rings. The van der Waals surface area contributed by atoms with Gasteiger partial charge in [-0.05, 0) is 36.5 Å². The van der Waals surface area contributed by atoms with Gasteiger partial charge in [-0.2, -0.15) is 0 Å². The van der Waals surface area contributed by atoms with E-state index < -0.39 is 17.9 Å². The molecule has 3 rings (SSSR count). The average Bonchev–Trinajstić information content (AvgIpc) is 3.17. The molecule has 2 amide bonds. The molecule has 1 aliphatic rings. The number of benzene rings is 1. The Hall–Kier alpha value is -3.26. The summed E-state index contributed by atoms with van der Waals surface area (Å²) in [6.07, 6.45) is 4.67. The number of aliphatic hydroxyl groups excluding tert-OH is 1. The zero-order valence-electron chi connectivity index (χ0n) is 22.6. The second-order valence-corrected chi connectivity index (χ2v) is 9.54. The third-order valence-electron chi connectivity index (χ3n) is 5.70. The summed E-state index contributed by atoms with van der Waals surface area (Å²) in [6, 6.07) is 5.88. The number of ketones is 1. The van der Waals surface area contributed by atoms with E-state index in [1.165, 1.54) is 24.4 Å². The van der Waals surface area contributed by atoms with Crippen molar-refractivity contribution in [1.29, 1.82) is 0 Å². The van der Waals surface area contributed by atoms with E-state index in [9.17, 15) is 19.5 Å². The maximum Gasteiger partial charge on any atom is 0.258 e. The Morgan fingerprint density at radius 3 is 2.33 bits per heavy atom. The number of Topliss-reactive ketones (excluding diaryl/α,β-unsaturated/α-hetero) is 1. The summed E-state index contributed by atoms with van der Waals surface area (Å²) in [5, 5.41) is 9.69. The van der Waals surface area contributed by atoms with Gasteiger partial charge < -0.3 is 25.3 Å². The van der Waals surface area contributed by atoms with Gasteiger partial charge in [0, 0.05) is 24.7 Å². The van der Waals surface area contributed by atoms with Gasteiger partial charge in [0.1, 0.15) is 23.3 Å². The molecule has 0 radical (unpaired) electrons. The first kappa shape index (κ1) is 30.8. The number of hydrogen-bond acceptors (Lipinski definition) is 6. The fraction of sp³-hybridized carbons (Fsp3) is 0.500. The average molecular weight is 500 g/mol. The zero-order valence-corrected chi connectivity index (χ0v) is 22.6. The van der Waals surface area contributed by atoms with E-state index in [2.05, 4.69) is 32.7 Å². The molecule has 0 saturated carbocycles. The first-order valence-corrected chi connectivity index (χ1v) is 12.4. The third-order valence-corrected chi connectivity index (χ3v) is 5.70. The van der Waals surface area contributed by atoms with Crippen molar-refractivity contribution in [3.8, 4) is 11.5 Å². The predicted octanol–water partition coefficient (Wildman–Crippen LogP) is 5.01. The van der Waals surface area contributed by atoms with Gasteiger partial charge in [0.25, 0.3) is 5.91 Å². The summed E-state index contributed by atoms with van der Waals surface area (Å²) in [7, 11) is 0. The molecule has 1 aromatic heterocycles. The molecule has 1 atom stereocenters. The normalized spacial score (nSPS) is 13.0. The second-order valence-electron chi connectivity index (χ2n) is 9.54. The minimum atomic E-state index is -0.896. The van der Waals surface area contributed by atoms with Crippen LogP contribution in [0.5, 0.6) is 11.5 Å². The van der Waals surface area contributed by atoms with Crippen molar-refractivity contribution in [2.45, 2.75) is 86.9 Å². The molecular weight excluding hydrogens is 458 g/mol. The molecule has 2 aromatic rings. The number of primary amides is 1. The van der Waals surface area contributed by atoms with Crippen LogP contribution in [-0.4, -0.2) is 38.6 Å². The Balaban J connectivity index is 0.000000710. The van der Waals surface area contributed by atoms with Crippen LogP contribution in [-0.2, 0) is 22.7 Å². The van der Waals surface area contributed by atoms with Gasteiger partial charge in [-0.3, -0.25) is 14.6 Å². The molecular formula is C28H41N3O5.